The Morgan fingerprint density at radius 1 is 0.976 bits per heavy atom. The number of nitrogens with zero attached hydrogens (tertiary/aromatic N) is 5. The van der Waals surface area contributed by atoms with Crippen LogP contribution >= 0.6 is 0 Å². The van der Waals surface area contributed by atoms with Crippen molar-refractivity contribution in [2.24, 2.45) is 5.92 Å². The Morgan fingerprint density at radius 2 is 1.73 bits per heavy atom. The predicted octanol–water partition coefficient (Wildman–Crippen LogP) is 4.47. The van der Waals surface area contributed by atoms with Crippen LogP contribution in [0.25, 0.3) is 5.57 Å². The van der Waals surface area contributed by atoms with Crippen molar-refractivity contribution >= 4 is 29.0 Å². The Hall–Kier alpha value is -4.27. The molecule has 6 rings (SSSR count). The third-order valence-corrected chi connectivity index (χ3v) is 8.54. The zero-order valence-electron chi connectivity index (χ0n) is 23.5. The van der Waals surface area contributed by atoms with Gasteiger partial charge < -0.3 is 9.80 Å². The van der Waals surface area contributed by atoms with E-state index in [1.165, 1.54) is 17.0 Å². The molecule has 4 heterocycles. The van der Waals surface area contributed by atoms with Gasteiger partial charge in [-0.3, -0.25) is 24.0 Å². The summed E-state index contributed by atoms with van der Waals surface area (Å²) in [6.45, 7) is 7.09. The second kappa shape index (κ2) is 11.0. The smallest absolute Gasteiger partial charge is 0.263 e. The van der Waals surface area contributed by atoms with Crippen molar-refractivity contribution in [2.75, 3.05) is 37.6 Å². The van der Waals surface area contributed by atoms with Crippen molar-refractivity contribution in [1.29, 1.82) is 0 Å². The maximum atomic E-state index is 13.5. The minimum atomic E-state index is -0.267. The molecule has 1 fully saturated rings. The summed E-state index contributed by atoms with van der Waals surface area (Å²) < 4.78 is 15.1. The van der Waals surface area contributed by atoms with E-state index >= 15 is 0 Å². The third-order valence-electron chi connectivity index (χ3n) is 8.54. The number of aromatic nitrogens is 2. The van der Waals surface area contributed by atoms with E-state index in [1.54, 1.807) is 18.2 Å². The monoisotopic (exact) mass is 555 g/mol. The Kier molecular flexibility index (Phi) is 7.19. The summed E-state index contributed by atoms with van der Waals surface area (Å²) in [5.74, 6) is -0.691. The van der Waals surface area contributed by atoms with Gasteiger partial charge in [0.05, 0.1) is 29.1 Å². The van der Waals surface area contributed by atoms with Crippen molar-refractivity contribution in [3.63, 3.8) is 0 Å². The summed E-state index contributed by atoms with van der Waals surface area (Å²) in [5.41, 5.74) is 5.71. The minimum absolute atomic E-state index is 0.0709. The Bertz CT molecular complexity index is 1540. The molecule has 1 aromatic heterocycles. The van der Waals surface area contributed by atoms with Crippen LogP contribution in [-0.2, 0) is 11.3 Å². The first-order chi connectivity index (χ1) is 19.8. The standard InChI is InChI=1S/C32H34FN5O3/c1-21-20-22(2)38(34-21)19-18-37-31(40)27-4-3-5-28(29(27)32(37)41)35-14-12-25(13-15-35)30(39)36-16-10-24(11-17-36)23-6-8-26(33)9-7-23/h3-10,20,25H,11-19H2,1-2H3. The maximum absolute atomic E-state index is 13.5. The van der Waals surface area contributed by atoms with E-state index in [4.69, 9.17) is 0 Å². The van der Waals surface area contributed by atoms with E-state index in [0.717, 1.165) is 34.6 Å². The lowest BCUT2D eigenvalue weighted by Crippen LogP contribution is -2.44. The van der Waals surface area contributed by atoms with Gasteiger partial charge >= 0.3 is 0 Å². The van der Waals surface area contributed by atoms with Crippen LogP contribution in [0.3, 0.4) is 0 Å². The van der Waals surface area contributed by atoms with Gasteiger partial charge in [0.15, 0.2) is 0 Å². The second-order valence-electron chi connectivity index (χ2n) is 11.1. The van der Waals surface area contributed by atoms with Gasteiger partial charge in [-0.05, 0) is 74.6 Å². The van der Waals surface area contributed by atoms with Gasteiger partial charge in [0.25, 0.3) is 11.8 Å². The highest BCUT2D eigenvalue weighted by Gasteiger charge is 2.39. The molecule has 8 nitrogen and oxygen atoms in total. The lowest BCUT2D eigenvalue weighted by Gasteiger charge is -2.36. The molecule has 3 aliphatic rings. The lowest BCUT2D eigenvalue weighted by atomic mass is 9.92. The number of carbonyl (C=O) groups excluding carboxylic acids is 3. The normalized spacial score (nSPS) is 17.7. The maximum Gasteiger partial charge on any atom is 0.263 e. The van der Waals surface area contributed by atoms with Crippen LogP contribution in [0.1, 0.15) is 56.9 Å². The molecular weight excluding hydrogens is 521 g/mol. The van der Waals surface area contributed by atoms with Crippen LogP contribution in [0.2, 0.25) is 0 Å². The zero-order chi connectivity index (χ0) is 28.7. The predicted molar refractivity (Wildman–Crippen MR) is 154 cm³/mol. The number of imide groups is 1. The van der Waals surface area contributed by atoms with E-state index < -0.39 is 0 Å². The number of halogens is 1. The molecule has 3 aromatic rings. The highest BCUT2D eigenvalue weighted by atomic mass is 19.1. The molecule has 2 aromatic carbocycles. The fourth-order valence-electron chi connectivity index (χ4n) is 6.30. The molecule has 212 valence electrons. The molecule has 41 heavy (non-hydrogen) atoms. The highest BCUT2D eigenvalue weighted by molar-refractivity contribution is 6.23. The number of fused-ring (bicyclic) bond motifs is 1. The third kappa shape index (κ3) is 5.16. The molecule has 3 amide bonds. The second-order valence-corrected chi connectivity index (χ2v) is 11.1. The van der Waals surface area contributed by atoms with Crippen molar-refractivity contribution in [1.82, 2.24) is 19.6 Å². The Labute approximate surface area is 239 Å². The van der Waals surface area contributed by atoms with Gasteiger partial charge in [0.2, 0.25) is 5.91 Å². The number of carbonyl (C=O) groups is 3. The fourth-order valence-corrected chi connectivity index (χ4v) is 6.30. The molecule has 3 aliphatic heterocycles. The fraction of sp³-hybridized carbons (Fsp3) is 0.375. The molecule has 9 heteroatoms. The van der Waals surface area contributed by atoms with Crippen molar-refractivity contribution in [3.05, 3.63) is 88.5 Å². The number of anilines is 1. The number of aryl methyl sites for hydroxylation is 2. The van der Waals surface area contributed by atoms with E-state index in [9.17, 15) is 18.8 Å². The molecule has 0 atom stereocenters. The average molecular weight is 556 g/mol. The van der Waals surface area contributed by atoms with Crippen LogP contribution in [0.5, 0.6) is 0 Å². The van der Waals surface area contributed by atoms with Crippen LogP contribution in [-0.4, -0.2) is 70.0 Å². The highest BCUT2D eigenvalue weighted by Crippen LogP contribution is 2.34. The molecular formula is C32H34FN5O3. The molecule has 0 saturated carbocycles. The summed E-state index contributed by atoms with van der Waals surface area (Å²) in [6.07, 6.45) is 4.20. The van der Waals surface area contributed by atoms with E-state index in [0.29, 0.717) is 56.7 Å². The summed E-state index contributed by atoms with van der Waals surface area (Å²) in [5, 5.41) is 4.45. The van der Waals surface area contributed by atoms with Crippen molar-refractivity contribution < 1.29 is 18.8 Å². The van der Waals surface area contributed by atoms with Crippen molar-refractivity contribution in [3.8, 4) is 0 Å². The van der Waals surface area contributed by atoms with E-state index in [1.807, 2.05) is 41.6 Å². The van der Waals surface area contributed by atoms with Crippen LogP contribution in [0.15, 0.2) is 54.6 Å². The molecule has 0 unspecified atom stereocenters. The first-order valence-corrected chi connectivity index (χ1v) is 14.3. The van der Waals surface area contributed by atoms with Crippen molar-refractivity contribution in [2.45, 2.75) is 39.7 Å². The topological polar surface area (TPSA) is 78.8 Å². The lowest BCUT2D eigenvalue weighted by molar-refractivity contribution is -0.135. The first-order valence-electron chi connectivity index (χ1n) is 14.3. The number of hydrogen-bond donors (Lipinski definition) is 0. The molecule has 0 spiro atoms. The largest absolute Gasteiger partial charge is 0.371 e. The van der Waals surface area contributed by atoms with Gasteiger partial charge in [-0.2, -0.15) is 5.10 Å². The van der Waals surface area contributed by atoms with Gasteiger partial charge in [-0.15, -0.1) is 0 Å². The number of amides is 3. The van der Waals surface area contributed by atoms with Crippen LogP contribution in [0.4, 0.5) is 10.1 Å². The van der Waals surface area contributed by atoms with Gasteiger partial charge in [-0.25, -0.2) is 4.39 Å². The number of rotatable bonds is 6. The molecule has 0 bridgehead atoms. The van der Waals surface area contributed by atoms with E-state index in [-0.39, 0.29) is 36.0 Å². The summed E-state index contributed by atoms with van der Waals surface area (Å²) in [6, 6.07) is 13.9. The summed E-state index contributed by atoms with van der Waals surface area (Å²) in [4.78, 5) is 45.4. The van der Waals surface area contributed by atoms with Gasteiger partial charge in [0, 0.05) is 44.3 Å². The van der Waals surface area contributed by atoms with Crippen LogP contribution in [0, 0.1) is 25.6 Å². The Morgan fingerprint density at radius 3 is 2.39 bits per heavy atom. The molecule has 0 N–H and O–H groups in total. The zero-order valence-corrected chi connectivity index (χ0v) is 23.5. The quantitative estimate of drug-likeness (QED) is 0.420. The first kappa shape index (κ1) is 26.9. The van der Waals surface area contributed by atoms with E-state index in [2.05, 4.69) is 16.1 Å². The SMILES string of the molecule is Cc1cc(C)n(CCN2C(=O)c3cccc(N4CCC(C(=O)N5CC=C(c6ccc(F)cc6)CC5)CC4)c3C2=O)n1. The van der Waals surface area contributed by atoms with Gasteiger partial charge in [0.1, 0.15) is 5.82 Å². The average Bonchev–Trinajstić information content (AvgIpc) is 3.45. The summed E-state index contributed by atoms with van der Waals surface area (Å²) in [7, 11) is 0. The number of hydrogen-bond acceptors (Lipinski definition) is 5. The molecule has 0 radical (unpaired) electrons. The van der Waals surface area contributed by atoms with Gasteiger partial charge in [-0.1, -0.05) is 24.3 Å². The molecule has 1 saturated heterocycles. The minimum Gasteiger partial charge on any atom is -0.371 e. The Balaban J connectivity index is 1.08. The number of benzene rings is 2. The molecule has 0 aliphatic carbocycles. The number of piperidine rings is 1. The summed E-state index contributed by atoms with van der Waals surface area (Å²) >= 11 is 0. The van der Waals surface area contributed by atoms with Crippen LogP contribution < -0.4 is 4.90 Å².